The predicted octanol–water partition coefficient (Wildman–Crippen LogP) is 1.17. The Hall–Kier alpha value is -2.58. The fourth-order valence-electron chi connectivity index (χ4n) is 2.80. The van der Waals surface area contributed by atoms with E-state index < -0.39 is 0 Å². The highest BCUT2D eigenvalue weighted by Gasteiger charge is 2.19. The van der Waals surface area contributed by atoms with Gasteiger partial charge >= 0.3 is 0 Å². The maximum Gasteiger partial charge on any atom is 0.230 e. The Morgan fingerprint density at radius 2 is 2.00 bits per heavy atom. The number of hydrogen-bond acceptors (Lipinski definition) is 5. The first-order valence-corrected chi connectivity index (χ1v) is 9.72. The number of aromatic nitrogens is 3. The van der Waals surface area contributed by atoms with Crippen molar-refractivity contribution in [1.29, 1.82) is 0 Å². The lowest BCUT2D eigenvalue weighted by molar-refractivity contribution is -0.890. The summed E-state index contributed by atoms with van der Waals surface area (Å²) in [4.78, 5) is 13.6. The number of hydrogen-bond donors (Lipinski definition) is 2. The molecule has 1 atom stereocenters. The summed E-state index contributed by atoms with van der Waals surface area (Å²) in [5.41, 5.74) is 1.21. The van der Waals surface area contributed by atoms with E-state index in [0.717, 1.165) is 0 Å². The fourth-order valence-corrected chi connectivity index (χ4v) is 3.54. The van der Waals surface area contributed by atoms with Crippen molar-refractivity contribution in [1.82, 2.24) is 20.1 Å². The summed E-state index contributed by atoms with van der Waals surface area (Å²) in [6.45, 7) is 0.586. The monoisotopic (exact) mass is 386 g/mol. The molecule has 3 aromatic rings. The molecule has 3 rings (SSSR count). The van der Waals surface area contributed by atoms with Gasteiger partial charge in [-0.05, 0) is 12.1 Å². The lowest BCUT2D eigenvalue weighted by atomic mass is 10.1. The van der Waals surface area contributed by atoms with Crippen molar-refractivity contribution in [3.63, 3.8) is 0 Å². The van der Waals surface area contributed by atoms with Gasteiger partial charge in [0.15, 0.2) is 16.7 Å². The van der Waals surface area contributed by atoms with E-state index >= 15 is 0 Å². The summed E-state index contributed by atoms with van der Waals surface area (Å²) in [5.74, 6) is 1.56. The van der Waals surface area contributed by atoms with Gasteiger partial charge in [-0.2, -0.15) is 0 Å². The Morgan fingerprint density at radius 1 is 1.22 bits per heavy atom. The molecule has 0 aliphatic heterocycles. The zero-order valence-electron chi connectivity index (χ0n) is 15.7. The highest BCUT2D eigenvalue weighted by atomic mass is 32.2. The third-order valence-electron chi connectivity index (χ3n) is 4.31. The lowest BCUT2D eigenvalue weighted by Crippen LogP contribution is -3.07. The van der Waals surface area contributed by atoms with Crippen LogP contribution in [0.2, 0.25) is 0 Å². The van der Waals surface area contributed by atoms with E-state index in [0.29, 0.717) is 23.3 Å². The fraction of sp³-hybridized carbons (Fsp3) is 0.316. The molecule has 0 aliphatic rings. The SMILES string of the molecule is Cn1c(SCC(=O)NC[C@H](c2ccccc2)[NH+](C)C)nnc1-c1ccco1. The number of nitrogens with zero attached hydrogens (tertiary/aromatic N) is 3. The third-order valence-corrected chi connectivity index (χ3v) is 5.33. The minimum atomic E-state index is -0.0234. The first-order valence-electron chi connectivity index (χ1n) is 8.74. The van der Waals surface area contributed by atoms with E-state index in [1.807, 2.05) is 35.9 Å². The molecule has 0 saturated carbocycles. The Morgan fingerprint density at radius 3 is 2.67 bits per heavy atom. The summed E-state index contributed by atoms with van der Waals surface area (Å²) >= 11 is 1.36. The summed E-state index contributed by atoms with van der Waals surface area (Å²) in [6, 6.07) is 14.1. The number of quaternary nitrogens is 1. The van der Waals surface area contributed by atoms with Crippen molar-refractivity contribution < 1.29 is 14.1 Å². The van der Waals surface area contributed by atoms with Crippen molar-refractivity contribution in [2.24, 2.45) is 7.05 Å². The van der Waals surface area contributed by atoms with Gasteiger partial charge in [-0.3, -0.25) is 4.79 Å². The van der Waals surface area contributed by atoms with Crippen LogP contribution in [0.4, 0.5) is 0 Å². The smallest absolute Gasteiger partial charge is 0.230 e. The summed E-state index contributed by atoms with van der Waals surface area (Å²) in [5, 5.41) is 12.0. The third kappa shape index (κ3) is 4.78. The molecular weight excluding hydrogens is 362 g/mol. The van der Waals surface area contributed by atoms with Gasteiger partial charge in [-0.15, -0.1) is 10.2 Å². The summed E-state index contributed by atoms with van der Waals surface area (Å²) < 4.78 is 7.18. The van der Waals surface area contributed by atoms with Gasteiger partial charge in [-0.25, -0.2) is 0 Å². The van der Waals surface area contributed by atoms with E-state index in [9.17, 15) is 4.79 Å². The van der Waals surface area contributed by atoms with Crippen LogP contribution in [0.5, 0.6) is 0 Å². The van der Waals surface area contributed by atoms with E-state index in [1.54, 1.807) is 12.3 Å². The summed E-state index contributed by atoms with van der Waals surface area (Å²) in [7, 11) is 6.04. The number of likely N-dealkylation sites (N-methyl/N-ethyl adjacent to an activating group) is 1. The molecule has 2 heterocycles. The Bertz CT molecular complexity index is 862. The quantitative estimate of drug-likeness (QED) is 0.569. The molecule has 8 heteroatoms. The second kappa shape index (κ2) is 8.88. The number of carbonyl (C=O) groups excluding carboxylic acids is 1. The van der Waals surface area contributed by atoms with Gasteiger partial charge < -0.3 is 19.2 Å². The Labute approximate surface area is 162 Å². The van der Waals surface area contributed by atoms with E-state index in [-0.39, 0.29) is 17.7 Å². The molecule has 0 radical (unpaired) electrons. The number of nitrogens with one attached hydrogen (secondary N) is 2. The van der Waals surface area contributed by atoms with Crippen LogP contribution in [0.15, 0.2) is 58.3 Å². The molecule has 1 aromatic carbocycles. The summed E-state index contributed by atoms with van der Waals surface area (Å²) in [6.07, 6.45) is 1.60. The van der Waals surface area contributed by atoms with E-state index in [1.165, 1.54) is 22.2 Å². The lowest BCUT2D eigenvalue weighted by Gasteiger charge is -2.22. The van der Waals surface area contributed by atoms with Crippen LogP contribution in [0, 0.1) is 0 Å². The van der Waals surface area contributed by atoms with Crippen molar-refractivity contribution in [2.45, 2.75) is 11.2 Å². The molecule has 0 saturated heterocycles. The van der Waals surface area contributed by atoms with Crippen LogP contribution < -0.4 is 10.2 Å². The first-order chi connectivity index (χ1) is 13.1. The zero-order chi connectivity index (χ0) is 19.2. The minimum absolute atomic E-state index is 0.0234. The Kier molecular flexibility index (Phi) is 6.31. The number of carbonyl (C=O) groups is 1. The average molecular weight is 387 g/mol. The minimum Gasteiger partial charge on any atom is -0.461 e. The molecule has 2 N–H and O–H groups in total. The molecular formula is C19H24N5O2S+. The topological polar surface area (TPSA) is 77.4 Å². The molecule has 0 bridgehead atoms. The molecule has 2 aromatic heterocycles. The van der Waals surface area contributed by atoms with E-state index in [4.69, 9.17) is 4.42 Å². The van der Waals surface area contributed by atoms with Crippen LogP contribution in [0.3, 0.4) is 0 Å². The molecule has 27 heavy (non-hydrogen) atoms. The zero-order valence-corrected chi connectivity index (χ0v) is 16.5. The number of thioether (sulfide) groups is 1. The molecule has 0 fully saturated rings. The van der Waals surface area contributed by atoms with Gasteiger partial charge in [0, 0.05) is 12.6 Å². The average Bonchev–Trinajstić information content (AvgIpc) is 3.30. The van der Waals surface area contributed by atoms with Crippen LogP contribution in [-0.2, 0) is 11.8 Å². The van der Waals surface area contributed by atoms with Crippen LogP contribution >= 0.6 is 11.8 Å². The van der Waals surface area contributed by atoms with Crippen LogP contribution in [0.1, 0.15) is 11.6 Å². The molecule has 142 valence electrons. The normalized spacial score (nSPS) is 12.3. The highest BCUT2D eigenvalue weighted by Crippen LogP contribution is 2.22. The number of furan rings is 1. The van der Waals surface area contributed by atoms with Crippen molar-refractivity contribution >= 4 is 17.7 Å². The van der Waals surface area contributed by atoms with Gasteiger partial charge in [0.2, 0.25) is 5.91 Å². The van der Waals surface area contributed by atoms with Crippen molar-refractivity contribution in [3.8, 4) is 11.6 Å². The number of rotatable bonds is 8. The van der Waals surface area contributed by atoms with E-state index in [2.05, 4.69) is 41.7 Å². The van der Waals surface area contributed by atoms with Gasteiger partial charge in [0.05, 0.1) is 32.7 Å². The molecule has 0 unspecified atom stereocenters. The second-order valence-electron chi connectivity index (χ2n) is 6.48. The van der Waals surface area contributed by atoms with Crippen molar-refractivity contribution in [2.75, 3.05) is 26.4 Å². The largest absolute Gasteiger partial charge is 0.461 e. The molecule has 0 spiro atoms. The second-order valence-corrected chi connectivity index (χ2v) is 7.42. The highest BCUT2D eigenvalue weighted by molar-refractivity contribution is 7.99. The maximum absolute atomic E-state index is 12.3. The number of amides is 1. The van der Waals surface area contributed by atoms with Gasteiger partial charge in [0.1, 0.15) is 6.04 Å². The predicted molar refractivity (Wildman–Crippen MR) is 104 cm³/mol. The van der Waals surface area contributed by atoms with Crippen LogP contribution in [0.25, 0.3) is 11.6 Å². The van der Waals surface area contributed by atoms with Crippen LogP contribution in [-0.4, -0.2) is 47.1 Å². The standard InChI is InChI=1S/C19H23N5O2S/c1-23(2)15(14-8-5-4-6-9-14)12-20-17(25)13-27-19-22-21-18(24(19)3)16-10-7-11-26-16/h4-11,15H,12-13H2,1-3H3,(H,20,25)/p+1/t15-/m1/s1. The Balaban J connectivity index is 1.54. The number of benzene rings is 1. The van der Waals surface area contributed by atoms with Gasteiger partial charge in [-0.1, -0.05) is 42.1 Å². The van der Waals surface area contributed by atoms with Gasteiger partial charge in [0.25, 0.3) is 0 Å². The van der Waals surface area contributed by atoms with Crippen molar-refractivity contribution in [3.05, 3.63) is 54.3 Å². The molecule has 1 amide bonds. The molecule has 7 nitrogen and oxygen atoms in total. The maximum atomic E-state index is 12.3. The first kappa shape index (κ1) is 19.2. The molecule has 0 aliphatic carbocycles.